The van der Waals surface area contributed by atoms with Crippen molar-refractivity contribution in [1.82, 2.24) is 19.9 Å². The number of fused-ring (bicyclic) bond motifs is 1. The number of anilines is 1. The Kier molecular flexibility index (Phi) is 1.95. The summed E-state index contributed by atoms with van der Waals surface area (Å²) in [5, 5.41) is 19.3. The lowest BCUT2D eigenvalue weighted by atomic mass is 10.2. The second-order valence-corrected chi connectivity index (χ2v) is 2.53. The summed E-state index contributed by atoms with van der Waals surface area (Å²) in [6.07, 6.45) is 1.33. The molecule has 0 amide bonds. The molecule has 0 spiro atoms. The summed E-state index contributed by atoms with van der Waals surface area (Å²) in [5.74, 6) is -0.0513. The maximum Gasteiger partial charge on any atom is 0.587 e. The van der Waals surface area contributed by atoms with Crippen LogP contribution in [0.15, 0.2) is 11.1 Å². The van der Waals surface area contributed by atoms with Crippen LogP contribution in [0.25, 0.3) is 11.2 Å². The molecule has 0 aliphatic heterocycles. The van der Waals surface area contributed by atoms with Crippen LogP contribution in [0.4, 0.5) is 5.95 Å². The van der Waals surface area contributed by atoms with E-state index < -0.39 is 12.8 Å². The van der Waals surface area contributed by atoms with Crippen LogP contribution in [0.3, 0.4) is 0 Å². The molecule has 0 fully saturated rings. The molecular formula is C5H6BN5O3. The molecule has 0 saturated carbocycles. The first-order valence-corrected chi connectivity index (χ1v) is 3.73. The van der Waals surface area contributed by atoms with Gasteiger partial charge in [-0.2, -0.15) is 4.98 Å². The van der Waals surface area contributed by atoms with E-state index in [0.29, 0.717) is 0 Å². The minimum Gasteiger partial charge on any atom is -0.408 e. The number of rotatable bonds is 2. The smallest absolute Gasteiger partial charge is 0.408 e. The Morgan fingerprint density at radius 1 is 1.50 bits per heavy atom. The minimum absolute atomic E-state index is 0.0513. The molecule has 0 radical (unpaired) electrons. The third-order valence-electron chi connectivity index (χ3n) is 1.56. The molecule has 0 aliphatic carbocycles. The van der Waals surface area contributed by atoms with E-state index >= 15 is 0 Å². The van der Waals surface area contributed by atoms with Gasteiger partial charge < -0.3 is 20.3 Å². The van der Waals surface area contributed by atoms with E-state index in [1.54, 1.807) is 0 Å². The largest absolute Gasteiger partial charge is 0.587 e. The van der Waals surface area contributed by atoms with Crippen LogP contribution in [0, 0.1) is 0 Å². The van der Waals surface area contributed by atoms with E-state index in [4.69, 9.17) is 10.0 Å². The Balaban J connectivity index is 2.53. The minimum atomic E-state index is -1.78. The molecular weight excluding hydrogens is 189 g/mol. The molecule has 0 aliphatic rings. The molecule has 14 heavy (non-hydrogen) atoms. The summed E-state index contributed by atoms with van der Waals surface area (Å²) >= 11 is 0. The van der Waals surface area contributed by atoms with E-state index in [1.807, 2.05) is 0 Å². The maximum atomic E-state index is 11.3. The van der Waals surface area contributed by atoms with Crippen LogP contribution < -0.4 is 10.8 Å². The highest BCUT2D eigenvalue weighted by atomic mass is 16.4. The van der Waals surface area contributed by atoms with Crippen molar-refractivity contribution in [3.8, 4) is 0 Å². The number of hydrogen-bond acceptors (Lipinski definition) is 6. The Morgan fingerprint density at radius 3 is 3.00 bits per heavy atom. The van der Waals surface area contributed by atoms with Crippen LogP contribution in [0.1, 0.15) is 0 Å². The van der Waals surface area contributed by atoms with Gasteiger partial charge in [-0.1, -0.05) is 0 Å². The number of H-pyrrole nitrogens is 2. The van der Waals surface area contributed by atoms with Gasteiger partial charge in [0.2, 0.25) is 0 Å². The molecule has 2 rings (SSSR count). The predicted octanol–water partition coefficient (Wildman–Crippen LogP) is -1.97. The fourth-order valence-electron chi connectivity index (χ4n) is 1.03. The zero-order valence-electron chi connectivity index (χ0n) is 6.85. The SMILES string of the molecule is O=c1[nH]c(NB(O)O)nc2nc[nH]c12. The monoisotopic (exact) mass is 195 g/mol. The van der Waals surface area contributed by atoms with Gasteiger partial charge in [-0.3, -0.25) is 9.78 Å². The molecule has 0 unspecified atom stereocenters. The molecule has 72 valence electrons. The maximum absolute atomic E-state index is 11.3. The molecule has 2 aromatic heterocycles. The molecule has 0 atom stereocenters. The van der Waals surface area contributed by atoms with Gasteiger partial charge >= 0.3 is 7.25 Å². The fraction of sp³-hybridized carbons (Fsp3) is 0. The van der Waals surface area contributed by atoms with Crippen molar-refractivity contribution < 1.29 is 10.0 Å². The summed E-state index contributed by atoms with van der Waals surface area (Å²) in [5.41, 5.74) is 0.00975. The second-order valence-electron chi connectivity index (χ2n) is 2.53. The van der Waals surface area contributed by atoms with E-state index in [2.05, 4.69) is 25.2 Å². The summed E-state index contributed by atoms with van der Waals surface area (Å²) < 4.78 is 0. The van der Waals surface area contributed by atoms with Crippen LogP contribution in [0.2, 0.25) is 0 Å². The number of hydrogen-bond donors (Lipinski definition) is 5. The summed E-state index contributed by atoms with van der Waals surface area (Å²) in [4.78, 5) is 23.7. The van der Waals surface area contributed by atoms with Crippen LogP contribution >= 0.6 is 0 Å². The van der Waals surface area contributed by atoms with Crippen molar-refractivity contribution in [1.29, 1.82) is 0 Å². The summed E-state index contributed by atoms with van der Waals surface area (Å²) in [7, 11) is -1.78. The predicted molar refractivity (Wildman–Crippen MR) is 48.3 cm³/mol. The molecule has 0 bridgehead atoms. The van der Waals surface area contributed by atoms with Crippen LogP contribution in [-0.2, 0) is 0 Å². The molecule has 9 heteroatoms. The number of aromatic amines is 2. The van der Waals surface area contributed by atoms with Crippen molar-refractivity contribution >= 4 is 24.4 Å². The van der Waals surface area contributed by atoms with Crippen LogP contribution in [0.5, 0.6) is 0 Å². The Bertz CT molecular complexity index is 505. The molecule has 0 saturated heterocycles. The van der Waals surface area contributed by atoms with Crippen molar-refractivity contribution in [2.75, 3.05) is 5.23 Å². The van der Waals surface area contributed by atoms with Gasteiger partial charge in [0.1, 0.15) is 0 Å². The number of imidazole rings is 1. The van der Waals surface area contributed by atoms with Gasteiger partial charge in [-0.15, -0.1) is 0 Å². The average molecular weight is 195 g/mol. The van der Waals surface area contributed by atoms with Gasteiger partial charge in [0.25, 0.3) is 5.56 Å². The number of nitrogens with zero attached hydrogens (tertiary/aromatic N) is 2. The molecule has 2 heterocycles. The summed E-state index contributed by atoms with van der Waals surface area (Å²) in [6.45, 7) is 0. The van der Waals surface area contributed by atoms with Crippen molar-refractivity contribution in [2.45, 2.75) is 0 Å². The van der Waals surface area contributed by atoms with Gasteiger partial charge in [-0.25, -0.2) is 4.98 Å². The lowest BCUT2D eigenvalue weighted by molar-refractivity contribution is 0.416. The molecule has 5 N–H and O–H groups in total. The Morgan fingerprint density at radius 2 is 2.29 bits per heavy atom. The highest BCUT2D eigenvalue weighted by Gasteiger charge is 2.11. The number of aromatic nitrogens is 4. The van der Waals surface area contributed by atoms with Crippen molar-refractivity contribution in [2.24, 2.45) is 0 Å². The van der Waals surface area contributed by atoms with E-state index in [-0.39, 0.29) is 17.1 Å². The van der Waals surface area contributed by atoms with Gasteiger partial charge in [-0.05, 0) is 0 Å². The Labute approximate surface area is 77.2 Å². The highest BCUT2D eigenvalue weighted by Crippen LogP contribution is 2.02. The second kappa shape index (κ2) is 3.12. The van der Waals surface area contributed by atoms with Crippen LogP contribution in [-0.4, -0.2) is 37.2 Å². The topological polar surface area (TPSA) is 127 Å². The highest BCUT2D eigenvalue weighted by molar-refractivity contribution is 6.45. The Hall–Kier alpha value is -1.87. The lowest BCUT2D eigenvalue weighted by Gasteiger charge is -2.01. The molecule has 0 aromatic carbocycles. The average Bonchev–Trinajstić information content (AvgIpc) is 2.50. The van der Waals surface area contributed by atoms with Gasteiger partial charge in [0.15, 0.2) is 17.1 Å². The van der Waals surface area contributed by atoms with Crippen molar-refractivity contribution in [3.63, 3.8) is 0 Å². The van der Waals surface area contributed by atoms with E-state index in [1.165, 1.54) is 6.33 Å². The normalized spacial score (nSPS) is 10.4. The fourth-order valence-corrected chi connectivity index (χ4v) is 1.03. The van der Waals surface area contributed by atoms with Gasteiger partial charge in [0.05, 0.1) is 6.33 Å². The van der Waals surface area contributed by atoms with E-state index in [0.717, 1.165) is 0 Å². The third-order valence-corrected chi connectivity index (χ3v) is 1.56. The van der Waals surface area contributed by atoms with E-state index in [9.17, 15) is 4.79 Å². The quantitative estimate of drug-likeness (QED) is 0.353. The first-order valence-electron chi connectivity index (χ1n) is 3.73. The summed E-state index contributed by atoms with van der Waals surface area (Å²) in [6, 6.07) is 0. The zero-order chi connectivity index (χ0) is 10.1. The molecule has 2 aromatic rings. The first kappa shape index (κ1) is 8.72. The third kappa shape index (κ3) is 1.45. The lowest BCUT2D eigenvalue weighted by Crippen LogP contribution is -2.26. The molecule has 8 nitrogen and oxygen atoms in total. The standard InChI is InChI=1S/C5H6BN5O3/c12-4-2-3(8-1-7-2)9-5(10-4)11-6(13)14/h1,13-14H,(H3,7,8,9,10,11,12). The number of nitrogens with one attached hydrogen (secondary N) is 3. The first-order chi connectivity index (χ1) is 6.66. The van der Waals surface area contributed by atoms with Gasteiger partial charge in [0, 0.05) is 0 Å². The zero-order valence-corrected chi connectivity index (χ0v) is 6.85. The van der Waals surface area contributed by atoms with Crippen molar-refractivity contribution in [3.05, 3.63) is 16.7 Å².